The molecule has 3 aromatic heterocycles. The van der Waals surface area contributed by atoms with Crippen LogP contribution >= 0.6 is 11.3 Å². The molecule has 208 valence electrons. The van der Waals surface area contributed by atoms with Gasteiger partial charge in [-0.2, -0.15) is 0 Å². The van der Waals surface area contributed by atoms with Gasteiger partial charge in [0.25, 0.3) is 0 Å². The summed E-state index contributed by atoms with van der Waals surface area (Å²) in [5.41, 5.74) is 5.02. The maximum absolute atomic E-state index is 6.33. The number of aromatic nitrogens is 3. The van der Waals surface area contributed by atoms with Crippen molar-refractivity contribution in [3.05, 3.63) is 127 Å². The molecule has 10 aromatic rings. The molecule has 7 aromatic carbocycles. The molecule has 0 spiro atoms. The van der Waals surface area contributed by atoms with Crippen molar-refractivity contribution in [2.24, 2.45) is 0 Å². The molecule has 0 saturated heterocycles. The fraction of sp³-hybridized carbons (Fsp3) is 0. The first-order chi connectivity index (χ1) is 22.3. The lowest BCUT2D eigenvalue weighted by Crippen LogP contribution is -2.06. The molecule has 11 rings (SSSR count). The zero-order valence-corrected chi connectivity index (χ0v) is 24.6. The molecule has 1 aliphatic rings. The van der Waals surface area contributed by atoms with Crippen molar-refractivity contribution in [3.63, 3.8) is 0 Å². The summed E-state index contributed by atoms with van der Waals surface area (Å²) in [5, 5.41) is 10.8. The lowest BCUT2D eigenvalue weighted by Gasteiger charge is -2.21. The normalized spacial score (nSPS) is 12.6. The van der Waals surface area contributed by atoms with Crippen LogP contribution in [0.5, 0.6) is 11.5 Å². The summed E-state index contributed by atoms with van der Waals surface area (Å²) in [4.78, 5) is 10.8. The number of thiophene rings is 1. The van der Waals surface area contributed by atoms with E-state index in [2.05, 4.69) is 102 Å². The Kier molecular flexibility index (Phi) is 4.43. The Balaban J connectivity index is 1.43. The maximum Gasteiger partial charge on any atom is 0.235 e. The van der Waals surface area contributed by atoms with Gasteiger partial charge in [-0.05, 0) is 46.5 Å². The molecule has 0 atom stereocenters. The highest BCUT2D eigenvalue weighted by atomic mass is 32.1. The van der Waals surface area contributed by atoms with Crippen molar-refractivity contribution in [2.75, 3.05) is 0 Å². The maximum atomic E-state index is 6.33. The average molecular weight is 592 g/mol. The summed E-state index contributed by atoms with van der Waals surface area (Å²) in [6, 6.07) is 45.1. The fourth-order valence-electron chi connectivity index (χ4n) is 7.52. The Labute approximate surface area is 260 Å². The minimum absolute atomic E-state index is 0.664. The van der Waals surface area contributed by atoms with Gasteiger partial charge in [0.1, 0.15) is 11.5 Å². The third kappa shape index (κ3) is 3.00. The van der Waals surface area contributed by atoms with Crippen LogP contribution in [-0.4, -0.2) is 14.5 Å². The quantitative estimate of drug-likeness (QED) is 0.191. The van der Waals surface area contributed by atoms with Gasteiger partial charge in [0.05, 0.1) is 32.3 Å². The molecule has 0 radical (unpaired) electrons. The summed E-state index contributed by atoms with van der Waals surface area (Å²) < 4.78 is 11.2. The minimum atomic E-state index is 0.664. The smallest absolute Gasteiger partial charge is 0.235 e. The van der Waals surface area contributed by atoms with Crippen molar-refractivity contribution in [1.82, 2.24) is 14.5 Å². The number of para-hydroxylation sites is 1. The first kappa shape index (κ1) is 23.6. The Morgan fingerprint density at radius 2 is 1.24 bits per heavy atom. The molecule has 0 N–H and O–H groups in total. The SMILES string of the molecule is c1ccc2c(c1)Oc1cccc3nc(-n4c5c6ccccc6ccc5c5c6ccccc6c6c7ccccc7sc6c54)nc-2c13. The lowest BCUT2D eigenvalue weighted by atomic mass is 9.98. The van der Waals surface area contributed by atoms with Crippen LogP contribution in [0.2, 0.25) is 0 Å². The van der Waals surface area contributed by atoms with Crippen molar-refractivity contribution in [3.8, 4) is 28.7 Å². The van der Waals surface area contributed by atoms with Gasteiger partial charge in [-0.1, -0.05) is 97.1 Å². The van der Waals surface area contributed by atoms with E-state index < -0.39 is 0 Å². The third-order valence-electron chi connectivity index (χ3n) is 9.37. The van der Waals surface area contributed by atoms with Crippen molar-refractivity contribution in [2.45, 2.75) is 0 Å². The molecular formula is C40H21N3OS. The molecule has 0 aliphatic carbocycles. The summed E-state index contributed by atoms with van der Waals surface area (Å²) in [6.45, 7) is 0. The Morgan fingerprint density at radius 1 is 0.511 bits per heavy atom. The Hall–Kier alpha value is -5.78. The van der Waals surface area contributed by atoms with Crippen molar-refractivity contribution < 1.29 is 4.74 Å². The molecule has 0 amide bonds. The summed E-state index contributed by atoms with van der Waals surface area (Å²) in [7, 11) is 0. The molecule has 4 nitrogen and oxygen atoms in total. The zero-order valence-electron chi connectivity index (χ0n) is 23.8. The largest absolute Gasteiger partial charge is 0.456 e. The second-order valence-corrected chi connectivity index (χ2v) is 12.8. The molecule has 0 saturated carbocycles. The summed E-state index contributed by atoms with van der Waals surface area (Å²) >= 11 is 1.85. The van der Waals surface area contributed by atoms with E-state index in [-0.39, 0.29) is 0 Å². The molecule has 5 heteroatoms. The molecular weight excluding hydrogens is 571 g/mol. The number of fused-ring (bicyclic) bond motifs is 14. The topological polar surface area (TPSA) is 39.9 Å². The monoisotopic (exact) mass is 591 g/mol. The second-order valence-electron chi connectivity index (χ2n) is 11.7. The molecule has 0 fully saturated rings. The van der Waals surface area contributed by atoms with E-state index in [1.54, 1.807) is 0 Å². The van der Waals surface area contributed by atoms with Crippen molar-refractivity contribution >= 4 is 85.8 Å². The van der Waals surface area contributed by atoms with Gasteiger partial charge < -0.3 is 4.74 Å². The molecule has 1 aliphatic heterocycles. The number of hydrogen-bond acceptors (Lipinski definition) is 4. The van der Waals surface area contributed by atoms with E-state index in [9.17, 15) is 0 Å². The van der Waals surface area contributed by atoms with Crippen LogP contribution in [0.15, 0.2) is 127 Å². The molecule has 4 heterocycles. The van der Waals surface area contributed by atoms with E-state index in [0.717, 1.165) is 44.7 Å². The Morgan fingerprint density at radius 3 is 2.16 bits per heavy atom. The fourth-order valence-corrected chi connectivity index (χ4v) is 8.78. The zero-order chi connectivity index (χ0) is 29.2. The minimum Gasteiger partial charge on any atom is -0.456 e. The van der Waals surface area contributed by atoms with Gasteiger partial charge >= 0.3 is 0 Å². The van der Waals surface area contributed by atoms with E-state index >= 15 is 0 Å². The predicted molar refractivity (Wildman–Crippen MR) is 187 cm³/mol. The first-order valence-corrected chi connectivity index (χ1v) is 15.9. The predicted octanol–water partition coefficient (Wildman–Crippen LogP) is 11.2. The highest BCUT2D eigenvalue weighted by Gasteiger charge is 2.27. The van der Waals surface area contributed by atoms with Crippen LogP contribution < -0.4 is 4.74 Å². The van der Waals surface area contributed by atoms with Crippen LogP contribution in [0.25, 0.3) is 91.6 Å². The Bertz CT molecular complexity index is 2920. The molecule has 45 heavy (non-hydrogen) atoms. The average Bonchev–Trinajstić information content (AvgIpc) is 3.66. The standard InChI is InChI=1S/C40H21N3OS/c1-2-11-23-22(10-1)20-21-28-33-24-12-3-4-13-25(24)34-27-15-6-8-19-32(27)45-39(34)38(33)43(37(23)28)40-41-29-16-9-18-31-35(29)36(42-40)26-14-5-7-17-30(26)44-31/h1-21H. The third-order valence-corrected chi connectivity index (χ3v) is 10.5. The van der Waals surface area contributed by atoms with Gasteiger partial charge in [0, 0.05) is 37.2 Å². The number of ether oxygens (including phenoxy) is 1. The lowest BCUT2D eigenvalue weighted by molar-refractivity contribution is 0.486. The number of hydrogen-bond donors (Lipinski definition) is 0. The van der Waals surface area contributed by atoms with Gasteiger partial charge in [-0.3, -0.25) is 4.57 Å². The van der Waals surface area contributed by atoms with Gasteiger partial charge in [0.2, 0.25) is 5.95 Å². The molecule has 0 bridgehead atoms. The van der Waals surface area contributed by atoms with E-state index in [1.807, 2.05) is 41.7 Å². The highest BCUT2D eigenvalue weighted by molar-refractivity contribution is 7.27. The summed E-state index contributed by atoms with van der Waals surface area (Å²) in [5.74, 6) is 2.27. The first-order valence-electron chi connectivity index (χ1n) is 15.1. The van der Waals surface area contributed by atoms with Crippen LogP contribution in [0.1, 0.15) is 0 Å². The van der Waals surface area contributed by atoms with Gasteiger partial charge in [-0.15, -0.1) is 11.3 Å². The number of nitrogens with zero attached hydrogens (tertiary/aromatic N) is 3. The van der Waals surface area contributed by atoms with E-state index in [1.165, 1.54) is 52.5 Å². The summed E-state index contributed by atoms with van der Waals surface area (Å²) in [6.07, 6.45) is 0. The van der Waals surface area contributed by atoms with Gasteiger partial charge in [-0.25, -0.2) is 9.97 Å². The van der Waals surface area contributed by atoms with Crippen LogP contribution in [0.3, 0.4) is 0 Å². The van der Waals surface area contributed by atoms with E-state index in [4.69, 9.17) is 14.7 Å². The number of benzene rings is 7. The van der Waals surface area contributed by atoms with Gasteiger partial charge in [0.15, 0.2) is 0 Å². The van der Waals surface area contributed by atoms with E-state index in [0.29, 0.717) is 5.95 Å². The number of rotatable bonds is 1. The van der Waals surface area contributed by atoms with Crippen LogP contribution in [0.4, 0.5) is 0 Å². The molecule has 0 unspecified atom stereocenters. The van der Waals surface area contributed by atoms with Crippen molar-refractivity contribution in [1.29, 1.82) is 0 Å². The van der Waals surface area contributed by atoms with Crippen LogP contribution in [-0.2, 0) is 0 Å². The van der Waals surface area contributed by atoms with Crippen LogP contribution in [0, 0.1) is 0 Å². The second kappa shape index (κ2) is 8.44. The highest BCUT2D eigenvalue weighted by Crippen LogP contribution is 2.50.